The minimum Gasteiger partial charge on any atom is -0.399 e. The van der Waals surface area contributed by atoms with Gasteiger partial charge in [-0.1, -0.05) is 6.58 Å². The van der Waals surface area contributed by atoms with Gasteiger partial charge in [-0.3, -0.25) is 4.98 Å². The van der Waals surface area contributed by atoms with Crippen LogP contribution in [0.2, 0.25) is 0 Å². The number of anilines is 1. The highest BCUT2D eigenvalue weighted by Gasteiger charge is 1.85. The van der Waals surface area contributed by atoms with Crippen LogP contribution in [0.1, 0.15) is 5.69 Å². The number of hydrogen-bond acceptors (Lipinski definition) is 2. The van der Waals surface area contributed by atoms with Gasteiger partial charge in [-0.05, 0) is 18.2 Å². The first-order valence-corrected chi connectivity index (χ1v) is 2.67. The molecule has 46 valence electrons. The zero-order valence-corrected chi connectivity index (χ0v) is 5.04. The second-order valence-corrected chi connectivity index (χ2v) is 1.72. The maximum absolute atomic E-state index is 5.45. The molecule has 0 radical (unpaired) electrons. The van der Waals surface area contributed by atoms with Gasteiger partial charge in [-0.25, -0.2) is 0 Å². The number of hydrogen-bond donors (Lipinski definition) is 1. The van der Waals surface area contributed by atoms with Crippen molar-refractivity contribution in [2.45, 2.75) is 0 Å². The fraction of sp³-hybridized carbons (Fsp3) is 0. The van der Waals surface area contributed by atoms with E-state index < -0.39 is 0 Å². The molecular formula is C7H8N2. The lowest BCUT2D eigenvalue weighted by Crippen LogP contribution is -1.86. The Bertz CT molecular complexity index is 218. The van der Waals surface area contributed by atoms with Crippen molar-refractivity contribution in [3.05, 3.63) is 30.6 Å². The molecule has 2 heteroatoms. The van der Waals surface area contributed by atoms with Crippen LogP contribution in [0, 0.1) is 0 Å². The minimum absolute atomic E-state index is 0.722. The molecule has 0 amide bonds. The molecule has 9 heavy (non-hydrogen) atoms. The van der Waals surface area contributed by atoms with Crippen molar-refractivity contribution in [3.63, 3.8) is 0 Å². The van der Waals surface area contributed by atoms with Crippen molar-refractivity contribution in [2.75, 3.05) is 5.73 Å². The summed E-state index contributed by atoms with van der Waals surface area (Å²) >= 11 is 0. The normalized spacial score (nSPS) is 8.89. The zero-order chi connectivity index (χ0) is 6.69. The van der Waals surface area contributed by atoms with Crippen LogP contribution in [-0.2, 0) is 0 Å². The SMILES string of the molecule is C=Cc1cc(N)ccn1. The van der Waals surface area contributed by atoms with Crippen LogP contribution in [0.3, 0.4) is 0 Å². The van der Waals surface area contributed by atoms with Gasteiger partial charge in [-0.2, -0.15) is 0 Å². The first-order chi connectivity index (χ1) is 4.33. The van der Waals surface area contributed by atoms with Gasteiger partial charge in [0.15, 0.2) is 0 Å². The van der Waals surface area contributed by atoms with Crippen LogP contribution >= 0.6 is 0 Å². The third kappa shape index (κ3) is 1.29. The Morgan fingerprint density at radius 2 is 2.44 bits per heavy atom. The summed E-state index contributed by atoms with van der Waals surface area (Å²) in [7, 11) is 0. The highest BCUT2D eigenvalue weighted by atomic mass is 14.7. The summed E-state index contributed by atoms with van der Waals surface area (Å²) in [4.78, 5) is 3.96. The first-order valence-electron chi connectivity index (χ1n) is 2.67. The Hall–Kier alpha value is -1.31. The Morgan fingerprint density at radius 1 is 1.67 bits per heavy atom. The number of rotatable bonds is 1. The molecule has 0 saturated heterocycles. The van der Waals surface area contributed by atoms with E-state index in [0.29, 0.717) is 0 Å². The van der Waals surface area contributed by atoms with E-state index in [1.54, 1.807) is 24.4 Å². The summed E-state index contributed by atoms with van der Waals surface area (Å²) in [5, 5.41) is 0. The van der Waals surface area contributed by atoms with Crippen LogP contribution in [0.5, 0.6) is 0 Å². The maximum Gasteiger partial charge on any atom is 0.0644 e. The quantitative estimate of drug-likeness (QED) is 0.606. The highest BCUT2D eigenvalue weighted by molar-refractivity contribution is 5.49. The maximum atomic E-state index is 5.45. The van der Waals surface area contributed by atoms with E-state index >= 15 is 0 Å². The lowest BCUT2D eigenvalue weighted by atomic mass is 10.3. The molecule has 1 rings (SSSR count). The lowest BCUT2D eigenvalue weighted by molar-refractivity contribution is 1.30. The molecule has 0 spiro atoms. The molecule has 1 heterocycles. The van der Waals surface area contributed by atoms with Crippen molar-refractivity contribution in [2.24, 2.45) is 0 Å². The number of aromatic nitrogens is 1. The molecule has 0 fully saturated rings. The molecule has 1 aromatic heterocycles. The zero-order valence-electron chi connectivity index (χ0n) is 5.04. The van der Waals surface area contributed by atoms with Gasteiger partial charge in [-0.15, -0.1) is 0 Å². The van der Waals surface area contributed by atoms with Crippen molar-refractivity contribution in [1.29, 1.82) is 0 Å². The summed E-state index contributed by atoms with van der Waals surface area (Å²) in [6.45, 7) is 3.55. The molecule has 0 saturated carbocycles. The van der Waals surface area contributed by atoms with Crippen molar-refractivity contribution >= 4 is 11.8 Å². The third-order valence-electron chi connectivity index (χ3n) is 1.01. The first kappa shape index (κ1) is 5.82. The van der Waals surface area contributed by atoms with E-state index in [0.717, 1.165) is 11.4 Å². The molecule has 2 N–H and O–H groups in total. The topological polar surface area (TPSA) is 38.9 Å². The molecule has 0 atom stereocenters. The predicted octanol–water partition coefficient (Wildman–Crippen LogP) is 1.31. The predicted molar refractivity (Wildman–Crippen MR) is 38.7 cm³/mol. The van der Waals surface area contributed by atoms with E-state index in [2.05, 4.69) is 11.6 Å². The summed E-state index contributed by atoms with van der Waals surface area (Å²) in [5.74, 6) is 0. The smallest absolute Gasteiger partial charge is 0.0644 e. The molecular weight excluding hydrogens is 112 g/mol. The van der Waals surface area contributed by atoms with Crippen molar-refractivity contribution in [1.82, 2.24) is 4.98 Å². The largest absolute Gasteiger partial charge is 0.399 e. The second kappa shape index (κ2) is 2.31. The Labute approximate surface area is 54.0 Å². The molecule has 0 unspecified atom stereocenters. The number of nitrogen functional groups attached to an aromatic ring is 1. The fourth-order valence-electron chi connectivity index (χ4n) is 0.577. The van der Waals surface area contributed by atoms with Crippen LogP contribution in [0.4, 0.5) is 5.69 Å². The highest BCUT2D eigenvalue weighted by Crippen LogP contribution is 2.02. The standard InChI is InChI=1S/C7H8N2/c1-2-7-5-6(8)3-4-9-7/h2-5H,1H2,(H2,8,9). The van der Waals surface area contributed by atoms with Crippen LogP contribution in [-0.4, -0.2) is 4.98 Å². The number of nitrogens with zero attached hydrogens (tertiary/aromatic N) is 1. The lowest BCUT2D eigenvalue weighted by Gasteiger charge is -1.91. The monoisotopic (exact) mass is 120 g/mol. The van der Waals surface area contributed by atoms with Crippen molar-refractivity contribution < 1.29 is 0 Å². The minimum atomic E-state index is 0.722. The van der Waals surface area contributed by atoms with Crippen LogP contribution < -0.4 is 5.73 Å². The molecule has 1 aromatic rings. The van der Waals surface area contributed by atoms with Gasteiger partial charge < -0.3 is 5.73 Å². The molecule has 0 bridgehead atoms. The van der Waals surface area contributed by atoms with E-state index in [4.69, 9.17) is 5.73 Å². The Kier molecular flexibility index (Phi) is 1.49. The van der Waals surface area contributed by atoms with Gasteiger partial charge in [0.05, 0.1) is 5.69 Å². The van der Waals surface area contributed by atoms with E-state index in [1.807, 2.05) is 0 Å². The van der Waals surface area contributed by atoms with Gasteiger partial charge in [0, 0.05) is 11.9 Å². The van der Waals surface area contributed by atoms with Crippen molar-refractivity contribution in [3.8, 4) is 0 Å². The summed E-state index contributed by atoms with van der Waals surface area (Å²) in [5.41, 5.74) is 6.98. The second-order valence-electron chi connectivity index (χ2n) is 1.72. The molecule has 0 aliphatic heterocycles. The summed E-state index contributed by atoms with van der Waals surface area (Å²) in [6.07, 6.45) is 3.32. The Balaban J connectivity index is 3.07. The van der Waals surface area contributed by atoms with Gasteiger partial charge in [0.1, 0.15) is 0 Å². The van der Waals surface area contributed by atoms with Gasteiger partial charge >= 0.3 is 0 Å². The average Bonchev–Trinajstić information content (AvgIpc) is 1.88. The summed E-state index contributed by atoms with van der Waals surface area (Å²) < 4.78 is 0. The van der Waals surface area contributed by atoms with Crippen LogP contribution in [0.25, 0.3) is 6.08 Å². The van der Waals surface area contributed by atoms with Gasteiger partial charge in [0.2, 0.25) is 0 Å². The number of pyridine rings is 1. The Morgan fingerprint density at radius 3 is 2.89 bits per heavy atom. The summed E-state index contributed by atoms with van der Waals surface area (Å²) in [6, 6.07) is 3.51. The fourth-order valence-corrected chi connectivity index (χ4v) is 0.577. The average molecular weight is 120 g/mol. The molecule has 2 nitrogen and oxygen atoms in total. The third-order valence-corrected chi connectivity index (χ3v) is 1.01. The molecule has 0 aliphatic carbocycles. The molecule has 0 aliphatic rings. The van der Waals surface area contributed by atoms with E-state index in [1.165, 1.54) is 0 Å². The van der Waals surface area contributed by atoms with Gasteiger partial charge in [0.25, 0.3) is 0 Å². The van der Waals surface area contributed by atoms with Crippen LogP contribution in [0.15, 0.2) is 24.9 Å². The van der Waals surface area contributed by atoms with E-state index in [9.17, 15) is 0 Å². The van der Waals surface area contributed by atoms with E-state index in [-0.39, 0.29) is 0 Å². The number of nitrogens with two attached hydrogens (primary N) is 1. The molecule has 0 aromatic carbocycles.